The summed E-state index contributed by atoms with van der Waals surface area (Å²) in [6.45, 7) is -0.274. The van der Waals surface area contributed by atoms with Gasteiger partial charge in [0.25, 0.3) is 0 Å². The molecular formula is C13H21NO5S. The molecule has 0 saturated carbocycles. The molecule has 20 heavy (non-hydrogen) atoms. The van der Waals surface area contributed by atoms with Crippen LogP contribution in [0.15, 0.2) is 30.3 Å². The molecule has 0 amide bonds. The van der Waals surface area contributed by atoms with Gasteiger partial charge in [-0.3, -0.25) is 0 Å². The monoisotopic (exact) mass is 303 g/mol. The van der Waals surface area contributed by atoms with Crippen molar-refractivity contribution in [2.45, 2.75) is 18.4 Å². The van der Waals surface area contributed by atoms with Crippen LogP contribution in [0.2, 0.25) is 0 Å². The molecule has 0 spiro atoms. The number of sulfonamides is 1. The number of hydrogen-bond donors (Lipinski definition) is 4. The molecule has 0 heterocycles. The van der Waals surface area contributed by atoms with Crippen molar-refractivity contribution in [2.75, 3.05) is 25.6 Å². The zero-order valence-electron chi connectivity index (χ0n) is 11.4. The normalized spacial score (nSPS) is 14.2. The third kappa shape index (κ3) is 4.53. The van der Waals surface area contributed by atoms with E-state index in [9.17, 15) is 8.42 Å². The second kappa shape index (κ2) is 7.14. The van der Waals surface area contributed by atoms with Gasteiger partial charge >= 0.3 is 0 Å². The summed E-state index contributed by atoms with van der Waals surface area (Å²) < 4.78 is 26.3. The van der Waals surface area contributed by atoms with Crippen LogP contribution < -0.4 is 4.72 Å². The molecule has 1 aromatic carbocycles. The lowest BCUT2D eigenvalue weighted by Gasteiger charge is -2.28. The second-order valence-corrected chi connectivity index (χ2v) is 6.72. The topological polar surface area (TPSA) is 107 Å². The highest BCUT2D eigenvalue weighted by atomic mass is 32.2. The molecule has 1 unspecified atom stereocenters. The van der Waals surface area contributed by atoms with Gasteiger partial charge in [0.1, 0.15) is 5.54 Å². The number of aliphatic hydroxyl groups excluding tert-OH is 3. The van der Waals surface area contributed by atoms with Crippen molar-refractivity contribution in [2.24, 2.45) is 0 Å². The molecule has 6 nitrogen and oxygen atoms in total. The Labute approximate surface area is 119 Å². The highest BCUT2D eigenvalue weighted by molar-refractivity contribution is 7.89. The van der Waals surface area contributed by atoms with Crippen LogP contribution in [0, 0.1) is 0 Å². The summed E-state index contributed by atoms with van der Waals surface area (Å²) in [5.41, 5.74) is -0.754. The van der Waals surface area contributed by atoms with Crippen molar-refractivity contribution < 1.29 is 23.7 Å². The minimum Gasteiger partial charge on any atom is -0.394 e. The maximum atomic E-state index is 12.1. The third-order valence-electron chi connectivity index (χ3n) is 3.12. The van der Waals surface area contributed by atoms with Gasteiger partial charge in [-0.2, -0.15) is 0 Å². The fraction of sp³-hybridized carbons (Fsp3) is 0.538. The highest BCUT2D eigenvalue weighted by Crippen LogP contribution is 2.17. The van der Waals surface area contributed by atoms with E-state index in [1.807, 2.05) is 30.3 Å². The molecule has 0 fully saturated rings. The zero-order chi connectivity index (χ0) is 15.2. The van der Waals surface area contributed by atoms with Crippen molar-refractivity contribution in [1.82, 2.24) is 4.72 Å². The van der Waals surface area contributed by atoms with Crippen LogP contribution in [0.5, 0.6) is 0 Å². The lowest BCUT2D eigenvalue weighted by atomic mass is 10.0. The Morgan fingerprint density at radius 1 is 1.10 bits per heavy atom. The van der Waals surface area contributed by atoms with Gasteiger partial charge in [-0.05, 0) is 11.5 Å². The highest BCUT2D eigenvalue weighted by Gasteiger charge is 2.33. The first-order valence-electron chi connectivity index (χ1n) is 6.27. The van der Waals surface area contributed by atoms with Crippen molar-refractivity contribution in [3.05, 3.63) is 35.9 Å². The average Bonchev–Trinajstić information content (AvgIpc) is 2.45. The van der Waals surface area contributed by atoms with E-state index >= 15 is 0 Å². The van der Waals surface area contributed by atoms with Gasteiger partial charge in [0.05, 0.1) is 25.6 Å². The van der Waals surface area contributed by atoms with Gasteiger partial charge in [0.2, 0.25) is 10.0 Å². The van der Waals surface area contributed by atoms with Crippen molar-refractivity contribution in [3.8, 4) is 0 Å². The molecule has 0 aliphatic carbocycles. The Morgan fingerprint density at radius 3 is 2.05 bits per heavy atom. The van der Waals surface area contributed by atoms with E-state index in [0.717, 1.165) is 5.56 Å². The number of benzene rings is 1. The summed E-state index contributed by atoms with van der Waals surface area (Å²) in [4.78, 5) is 0. The summed E-state index contributed by atoms with van der Waals surface area (Å²) in [5.74, 6) is -0.443. The predicted octanol–water partition coefficient (Wildman–Crippen LogP) is -0.575. The van der Waals surface area contributed by atoms with Gasteiger partial charge in [0.15, 0.2) is 0 Å². The molecule has 1 rings (SSSR count). The smallest absolute Gasteiger partial charge is 0.212 e. The molecular weight excluding hydrogens is 282 g/mol. The molecule has 0 bridgehead atoms. The van der Waals surface area contributed by atoms with Crippen molar-refractivity contribution >= 4 is 10.0 Å². The summed E-state index contributed by atoms with van der Waals surface area (Å²) in [6.07, 6.45) is 0. The second-order valence-electron chi connectivity index (χ2n) is 4.95. The van der Waals surface area contributed by atoms with E-state index in [4.69, 9.17) is 15.3 Å². The Hall–Kier alpha value is -0.990. The maximum Gasteiger partial charge on any atom is 0.212 e. The summed E-state index contributed by atoms with van der Waals surface area (Å²) >= 11 is 0. The minimum atomic E-state index is -3.75. The summed E-state index contributed by atoms with van der Waals surface area (Å²) in [7, 11) is -3.75. The number of nitrogens with one attached hydrogen (secondary N) is 1. The van der Waals surface area contributed by atoms with Crippen molar-refractivity contribution in [1.29, 1.82) is 0 Å². The van der Waals surface area contributed by atoms with E-state index in [2.05, 4.69) is 4.72 Å². The molecule has 1 atom stereocenters. The molecule has 0 saturated heterocycles. The van der Waals surface area contributed by atoms with Crippen LogP contribution in [0.4, 0.5) is 0 Å². The molecule has 1 aromatic rings. The van der Waals surface area contributed by atoms with Crippen LogP contribution in [0.3, 0.4) is 0 Å². The Balaban J connectivity index is 2.80. The van der Waals surface area contributed by atoms with Gasteiger partial charge in [0, 0.05) is 0 Å². The van der Waals surface area contributed by atoms with E-state index < -0.39 is 35.4 Å². The standard InChI is InChI=1S/C13H21NO5S/c1-11(12-5-3-2-4-6-12)7-20(18,19)14-13(8-15,9-16)10-17/h2-6,11,14-17H,7-10H2,1H3. The van der Waals surface area contributed by atoms with Crippen LogP contribution in [0.1, 0.15) is 18.4 Å². The zero-order valence-corrected chi connectivity index (χ0v) is 12.2. The maximum absolute atomic E-state index is 12.1. The molecule has 7 heteroatoms. The predicted molar refractivity (Wildman–Crippen MR) is 75.8 cm³/mol. The van der Waals surface area contributed by atoms with Crippen LogP contribution in [-0.2, 0) is 10.0 Å². The Morgan fingerprint density at radius 2 is 1.60 bits per heavy atom. The molecule has 0 aliphatic rings. The molecule has 0 aromatic heterocycles. The average molecular weight is 303 g/mol. The van der Waals surface area contributed by atoms with E-state index in [1.54, 1.807) is 6.92 Å². The number of rotatable bonds is 8. The summed E-state index contributed by atoms with van der Waals surface area (Å²) in [5, 5.41) is 27.4. The quantitative estimate of drug-likeness (QED) is 0.514. The van der Waals surface area contributed by atoms with E-state index in [0.29, 0.717) is 0 Å². The molecule has 4 N–H and O–H groups in total. The first-order valence-corrected chi connectivity index (χ1v) is 7.92. The minimum absolute atomic E-state index is 0.196. The van der Waals surface area contributed by atoms with Gasteiger partial charge < -0.3 is 15.3 Å². The Kier molecular flexibility index (Phi) is 6.09. The van der Waals surface area contributed by atoms with Gasteiger partial charge in [-0.1, -0.05) is 37.3 Å². The first kappa shape index (κ1) is 17.1. The van der Waals surface area contributed by atoms with Crippen LogP contribution in [0.25, 0.3) is 0 Å². The van der Waals surface area contributed by atoms with Gasteiger partial charge in [-0.15, -0.1) is 0 Å². The molecule has 114 valence electrons. The van der Waals surface area contributed by atoms with Gasteiger partial charge in [-0.25, -0.2) is 13.1 Å². The van der Waals surface area contributed by atoms with E-state index in [-0.39, 0.29) is 11.7 Å². The lowest BCUT2D eigenvalue weighted by Crippen LogP contribution is -2.57. The van der Waals surface area contributed by atoms with E-state index in [1.165, 1.54) is 0 Å². The third-order valence-corrected chi connectivity index (χ3v) is 4.80. The SMILES string of the molecule is CC(CS(=O)(=O)NC(CO)(CO)CO)c1ccccc1. The summed E-state index contributed by atoms with van der Waals surface area (Å²) in [6, 6.07) is 9.16. The molecule has 0 radical (unpaired) electrons. The first-order chi connectivity index (χ1) is 9.38. The number of hydrogen-bond acceptors (Lipinski definition) is 5. The largest absolute Gasteiger partial charge is 0.394 e. The van der Waals surface area contributed by atoms with Crippen LogP contribution in [-0.4, -0.2) is 54.8 Å². The number of aliphatic hydroxyl groups is 3. The van der Waals surface area contributed by atoms with Crippen molar-refractivity contribution in [3.63, 3.8) is 0 Å². The fourth-order valence-electron chi connectivity index (χ4n) is 1.83. The molecule has 0 aliphatic heterocycles. The lowest BCUT2D eigenvalue weighted by molar-refractivity contribution is 0.0581. The Bertz CT molecular complexity index is 490. The van der Waals surface area contributed by atoms with Crippen LogP contribution >= 0.6 is 0 Å². The fourth-order valence-corrected chi connectivity index (χ4v) is 3.61.